The highest BCUT2D eigenvalue weighted by molar-refractivity contribution is 5.93. The van der Waals surface area contributed by atoms with Crippen molar-refractivity contribution in [2.24, 2.45) is 11.3 Å². The van der Waals surface area contributed by atoms with Gasteiger partial charge in [-0.2, -0.15) is 0 Å². The first-order valence-electron chi connectivity index (χ1n) is 8.95. The van der Waals surface area contributed by atoms with E-state index < -0.39 is 5.41 Å². The third kappa shape index (κ3) is 5.05. The van der Waals surface area contributed by atoms with Crippen molar-refractivity contribution in [3.8, 4) is 0 Å². The van der Waals surface area contributed by atoms with Crippen LogP contribution in [0.15, 0.2) is 24.3 Å². The number of nitrogens with zero attached hydrogens (tertiary/aromatic N) is 1. The van der Waals surface area contributed by atoms with Crippen molar-refractivity contribution in [1.29, 1.82) is 0 Å². The fourth-order valence-corrected chi connectivity index (χ4v) is 3.10. The third-order valence-electron chi connectivity index (χ3n) is 4.70. The summed E-state index contributed by atoms with van der Waals surface area (Å²) in [4.78, 5) is 27.0. The Morgan fingerprint density at radius 2 is 2.04 bits per heavy atom. The molecule has 0 radical (unpaired) electrons. The minimum absolute atomic E-state index is 0.0198. The van der Waals surface area contributed by atoms with Crippen LogP contribution in [0.25, 0.3) is 0 Å². The number of hydrogen-bond acceptors (Lipinski definition) is 3. The molecule has 1 aromatic rings. The molecule has 2 amide bonds. The average Bonchev–Trinajstić information content (AvgIpc) is 2.59. The maximum Gasteiger partial charge on any atom is 0.229 e. The third-order valence-corrected chi connectivity index (χ3v) is 4.70. The molecule has 0 aromatic heterocycles. The van der Waals surface area contributed by atoms with Crippen molar-refractivity contribution in [2.45, 2.75) is 46.6 Å². The van der Waals surface area contributed by atoms with Crippen LogP contribution in [0.1, 0.15) is 52.2 Å². The van der Waals surface area contributed by atoms with E-state index in [9.17, 15) is 9.59 Å². The Morgan fingerprint density at radius 3 is 2.68 bits per heavy atom. The van der Waals surface area contributed by atoms with Gasteiger partial charge in [0, 0.05) is 31.3 Å². The molecule has 1 aliphatic heterocycles. The summed E-state index contributed by atoms with van der Waals surface area (Å²) >= 11 is 0. The number of nitrogens with one attached hydrogen (secondary N) is 1. The topological polar surface area (TPSA) is 58.6 Å². The smallest absolute Gasteiger partial charge is 0.229 e. The van der Waals surface area contributed by atoms with Gasteiger partial charge in [0.05, 0.1) is 12.0 Å². The van der Waals surface area contributed by atoms with Crippen molar-refractivity contribution >= 4 is 17.5 Å². The molecule has 1 aliphatic rings. The molecule has 0 saturated carbocycles. The number of carbonyl (C=O) groups is 2. The molecule has 1 saturated heterocycles. The number of amides is 2. The van der Waals surface area contributed by atoms with E-state index in [-0.39, 0.29) is 23.8 Å². The van der Waals surface area contributed by atoms with Crippen LogP contribution in [0.4, 0.5) is 5.69 Å². The molecule has 2 rings (SSSR count). The molecule has 0 aliphatic carbocycles. The van der Waals surface area contributed by atoms with Crippen molar-refractivity contribution in [3.05, 3.63) is 29.8 Å². The zero-order valence-electron chi connectivity index (χ0n) is 16.0. The van der Waals surface area contributed by atoms with Gasteiger partial charge < -0.3 is 15.0 Å². The Balaban J connectivity index is 2.02. The Kier molecular flexibility index (Phi) is 6.22. The largest absolute Gasteiger partial charge is 0.377 e. The molecule has 5 nitrogen and oxygen atoms in total. The van der Waals surface area contributed by atoms with Gasteiger partial charge in [-0.25, -0.2) is 0 Å². The second-order valence-electron chi connectivity index (χ2n) is 7.83. The summed E-state index contributed by atoms with van der Waals surface area (Å²) in [7, 11) is 1.67. The molecule has 0 bridgehead atoms. The van der Waals surface area contributed by atoms with Crippen LogP contribution in [-0.4, -0.2) is 36.9 Å². The standard InChI is InChI=1S/C20H30N2O3/c1-14(25-5)15-8-6-10-17(12-15)21-18(23)16-9-7-11-22(13-16)19(24)20(2,3)4/h6,8,10,12,14,16H,7,9,11,13H2,1-5H3,(H,21,23). The van der Waals surface area contributed by atoms with E-state index in [0.29, 0.717) is 6.54 Å². The molecule has 25 heavy (non-hydrogen) atoms. The van der Waals surface area contributed by atoms with Crippen molar-refractivity contribution in [2.75, 3.05) is 25.5 Å². The van der Waals surface area contributed by atoms with Gasteiger partial charge in [0.1, 0.15) is 0 Å². The van der Waals surface area contributed by atoms with Gasteiger partial charge in [-0.3, -0.25) is 9.59 Å². The van der Waals surface area contributed by atoms with E-state index in [1.807, 2.05) is 56.9 Å². The maximum atomic E-state index is 12.7. The normalized spacial score (nSPS) is 19.4. The lowest BCUT2D eigenvalue weighted by molar-refractivity contribution is -0.142. The molecule has 1 fully saturated rings. The van der Waals surface area contributed by atoms with Crippen LogP contribution in [0.3, 0.4) is 0 Å². The lowest BCUT2D eigenvalue weighted by Gasteiger charge is -2.35. The van der Waals surface area contributed by atoms with Gasteiger partial charge in [0.15, 0.2) is 0 Å². The van der Waals surface area contributed by atoms with Crippen molar-refractivity contribution in [1.82, 2.24) is 4.90 Å². The summed E-state index contributed by atoms with van der Waals surface area (Å²) in [6.45, 7) is 8.96. The minimum atomic E-state index is -0.414. The molecule has 1 heterocycles. The van der Waals surface area contributed by atoms with Crippen LogP contribution >= 0.6 is 0 Å². The lowest BCUT2D eigenvalue weighted by atomic mass is 9.91. The highest BCUT2D eigenvalue weighted by Crippen LogP contribution is 2.25. The summed E-state index contributed by atoms with van der Waals surface area (Å²) < 4.78 is 5.33. The fraction of sp³-hybridized carbons (Fsp3) is 0.600. The van der Waals surface area contributed by atoms with E-state index in [1.165, 1.54) is 0 Å². The molecular weight excluding hydrogens is 316 g/mol. The predicted octanol–water partition coefficient (Wildman–Crippen LogP) is 3.62. The molecule has 1 N–H and O–H groups in total. The number of rotatable bonds is 4. The van der Waals surface area contributed by atoms with Crippen LogP contribution in [0, 0.1) is 11.3 Å². The number of methoxy groups -OCH3 is 1. The van der Waals surface area contributed by atoms with Crippen molar-refractivity contribution in [3.63, 3.8) is 0 Å². The second kappa shape index (κ2) is 8.00. The number of benzene rings is 1. The van der Waals surface area contributed by atoms with E-state index >= 15 is 0 Å². The Hall–Kier alpha value is -1.88. The number of ether oxygens (including phenoxy) is 1. The Bertz CT molecular complexity index is 622. The first-order chi connectivity index (χ1) is 11.7. The van der Waals surface area contributed by atoms with Gasteiger partial charge in [0.2, 0.25) is 11.8 Å². The number of likely N-dealkylation sites (tertiary alicyclic amines) is 1. The van der Waals surface area contributed by atoms with Crippen LogP contribution < -0.4 is 5.32 Å². The summed E-state index contributed by atoms with van der Waals surface area (Å²) in [5.41, 5.74) is 1.38. The maximum absolute atomic E-state index is 12.7. The first kappa shape index (κ1) is 19.4. The first-order valence-corrected chi connectivity index (χ1v) is 8.95. The summed E-state index contributed by atoms with van der Waals surface area (Å²) in [5, 5.41) is 3.00. The van der Waals surface area contributed by atoms with Crippen LogP contribution in [0.2, 0.25) is 0 Å². The quantitative estimate of drug-likeness (QED) is 0.906. The van der Waals surface area contributed by atoms with E-state index in [4.69, 9.17) is 4.74 Å². The molecule has 2 unspecified atom stereocenters. The number of hydrogen-bond donors (Lipinski definition) is 1. The minimum Gasteiger partial charge on any atom is -0.377 e. The lowest BCUT2D eigenvalue weighted by Crippen LogP contribution is -2.47. The van der Waals surface area contributed by atoms with Gasteiger partial charge in [-0.15, -0.1) is 0 Å². The van der Waals surface area contributed by atoms with E-state index in [1.54, 1.807) is 7.11 Å². The molecule has 1 aromatic carbocycles. The zero-order valence-corrected chi connectivity index (χ0v) is 16.0. The van der Waals surface area contributed by atoms with Gasteiger partial charge in [-0.05, 0) is 37.5 Å². The van der Waals surface area contributed by atoms with Crippen LogP contribution in [-0.2, 0) is 14.3 Å². The zero-order chi connectivity index (χ0) is 18.6. The van der Waals surface area contributed by atoms with E-state index in [0.717, 1.165) is 30.6 Å². The predicted molar refractivity (Wildman–Crippen MR) is 99.3 cm³/mol. The van der Waals surface area contributed by atoms with Gasteiger partial charge in [-0.1, -0.05) is 32.9 Å². The second-order valence-corrected chi connectivity index (χ2v) is 7.83. The molecule has 138 valence electrons. The molecule has 0 spiro atoms. The number of carbonyl (C=O) groups excluding carboxylic acids is 2. The molecular formula is C20H30N2O3. The Labute approximate surface area is 150 Å². The monoisotopic (exact) mass is 346 g/mol. The number of piperidine rings is 1. The van der Waals surface area contributed by atoms with Crippen LogP contribution in [0.5, 0.6) is 0 Å². The van der Waals surface area contributed by atoms with Gasteiger partial charge in [0.25, 0.3) is 0 Å². The fourth-order valence-electron chi connectivity index (χ4n) is 3.10. The summed E-state index contributed by atoms with van der Waals surface area (Å²) in [6.07, 6.45) is 1.65. The summed E-state index contributed by atoms with van der Waals surface area (Å²) in [6, 6.07) is 7.71. The Morgan fingerprint density at radius 1 is 1.32 bits per heavy atom. The van der Waals surface area contributed by atoms with Gasteiger partial charge >= 0.3 is 0 Å². The highest BCUT2D eigenvalue weighted by Gasteiger charge is 2.33. The molecule has 2 atom stereocenters. The highest BCUT2D eigenvalue weighted by atomic mass is 16.5. The van der Waals surface area contributed by atoms with Crippen molar-refractivity contribution < 1.29 is 14.3 Å². The molecule has 5 heteroatoms. The summed E-state index contributed by atoms with van der Waals surface area (Å²) in [5.74, 6) is -0.0712. The number of anilines is 1. The SMILES string of the molecule is COC(C)c1cccc(NC(=O)C2CCCN(C(=O)C(C)(C)C)C2)c1. The van der Waals surface area contributed by atoms with E-state index in [2.05, 4.69) is 5.32 Å². The average molecular weight is 346 g/mol.